The van der Waals surface area contributed by atoms with Gasteiger partial charge in [-0.25, -0.2) is 4.79 Å². The number of nitrogens with two attached hydrogens (primary N) is 1. The molecule has 0 saturated heterocycles. The van der Waals surface area contributed by atoms with Crippen LogP contribution in [-0.4, -0.2) is 18.0 Å². The van der Waals surface area contributed by atoms with Gasteiger partial charge in [-0.3, -0.25) is 10.1 Å². The van der Waals surface area contributed by atoms with Crippen LogP contribution in [0.15, 0.2) is 12.1 Å². The van der Waals surface area contributed by atoms with Gasteiger partial charge in [0.2, 0.25) is 0 Å². The third kappa shape index (κ3) is 2.38. The molecule has 0 aliphatic heterocycles. The highest BCUT2D eigenvalue weighted by atomic mass is 16.6. The van der Waals surface area contributed by atoms with Gasteiger partial charge in [0.1, 0.15) is 0 Å². The number of hydrogen-bond acceptors (Lipinski definition) is 6. The normalized spacial score (nSPS) is 9.47. The van der Waals surface area contributed by atoms with E-state index in [-0.39, 0.29) is 28.9 Å². The van der Waals surface area contributed by atoms with Gasteiger partial charge >= 0.3 is 5.97 Å². The second-order valence-electron chi connectivity index (χ2n) is 3.08. The van der Waals surface area contributed by atoms with E-state index >= 15 is 0 Å². The van der Waals surface area contributed by atoms with Crippen LogP contribution >= 0.6 is 0 Å². The van der Waals surface area contributed by atoms with Crippen molar-refractivity contribution in [2.75, 3.05) is 7.11 Å². The molecule has 0 heterocycles. The van der Waals surface area contributed by atoms with E-state index in [1.165, 1.54) is 0 Å². The Bertz CT molecular complexity index is 519. The van der Waals surface area contributed by atoms with E-state index < -0.39 is 10.9 Å². The van der Waals surface area contributed by atoms with Crippen LogP contribution < -0.4 is 5.73 Å². The molecule has 2 N–H and O–H groups in total. The first kappa shape index (κ1) is 12.6. The number of nitro groups is 1. The second kappa shape index (κ2) is 5.05. The summed E-state index contributed by atoms with van der Waals surface area (Å²) < 4.78 is 4.49. The number of hydrogen-bond donors (Lipinski definition) is 1. The number of nitriles is 1. The maximum atomic E-state index is 11.4. The summed E-state index contributed by atoms with van der Waals surface area (Å²) in [7, 11) is 1.15. The third-order valence-electron chi connectivity index (χ3n) is 2.18. The lowest BCUT2D eigenvalue weighted by molar-refractivity contribution is -0.384. The lowest BCUT2D eigenvalue weighted by Gasteiger charge is -2.07. The van der Waals surface area contributed by atoms with Crippen LogP contribution in [-0.2, 0) is 11.3 Å². The molecule has 0 aliphatic rings. The Balaban J connectivity index is 3.55. The summed E-state index contributed by atoms with van der Waals surface area (Å²) in [6.07, 6.45) is 0. The highest BCUT2D eigenvalue weighted by Crippen LogP contribution is 2.22. The number of carbonyl (C=O) groups excluding carboxylic acids is 1. The molecule has 0 atom stereocenters. The van der Waals surface area contributed by atoms with E-state index in [9.17, 15) is 14.9 Å². The molecule has 7 nitrogen and oxygen atoms in total. The van der Waals surface area contributed by atoms with Crippen LogP contribution in [0.2, 0.25) is 0 Å². The van der Waals surface area contributed by atoms with Crippen molar-refractivity contribution in [3.05, 3.63) is 38.9 Å². The first-order valence-corrected chi connectivity index (χ1v) is 4.55. The summed E-state index contributed by atoms with van der Waals surface area (Å²) in [6.45, 7) is -0.0781. The van der Waals surface area contributed by atoms with Crippen LogP contribution in [0.3, 0.4) is 0 Å². The van der Waals surface area contributed by atoms with Crippen molar-refractivity contribution in [3.63, 3.8) is 0 Å². The average molecular weight is 235 g/mol. The van der Waals surface area contributed by atoms with Crippen molar-refractivity contribution in [2.24, 2.45) is 5.73 Å². The number of ether oxygens (including phenoxy) is 1. The molecular weight excluding hydrogens is 226 g/mol. The van der Waals surface area contributed by atoms with Crippen LogP contribution in [0.4, 0.5) is 5.69 Å². The number of carbonyl (C=O) groups is 1. The topological polar surface area (TPSA) is 119 Å². The number of non-ortho nitro benzene ring substituents is 1. The summed E-state index contributed by atoms with van der Waals surface area (Å²) in [4.78, 5) is 21.4. The fourth-order valence-corrected chi connectivity index (χ4v) is 1.37. The molecule has 0 aliphatic carbocycles. The zero-order valence-corrected chi connectivity index (χ0v) is 8.97. The molecule has 1 rings (SSSR count). The number of esters is 1. The van der Waals surface area contributed by atoms with Gasteiger partial charge in [0.25, 0.3) is 5.69 Å². The van der Waals surface area contributed by atoms with Gasteiger partial charge in [-0.2, -0.15) is 5.26 Å². The Morgan fingerprint density at radius 3 is 2.71 bits per heavy atom. The molecule has 17 heavy (non-hydrogen) atoms. The molecular formula is C10H9N3O4. The first-order chi connectivity index (χ1) is 8.04. The van der Waals surface area contributed by atoms with Crippen molar-refractivity contribution in [1.29, 1.82) is 5.26 Å². The minimum absolute atomic E-state index is 0.00194. The lowest BCUT2D eigenvalue weighted by atomic mass is 10.0. The number of rotatable bonds is 3. The minimum Gasteiger partial charge on any atom is -0.465 e. The van der Waals surface area contributed by atoms with Gasteiger partial charge in [0.15, 0.2) is 0 Å². The maximum absolute atomic E-state index is 11.4. The number of nitro benzene ring substituents is 1. The van der Waals surface area contributed by atoms with Gasteiger partial charge in [0.05, 0.1) is 29.2 Å². The van der Waals surface area contributed by atoms with Crippen molar-refractivity contribution >= 4 is 11.7 Å². The molecule has 0 amide bonds. The molecule has 0 bridgehead atoms. The smallest absolute Gasteiger partial charge is 0.338 e. The van der Waals surface area contributed by atoms with Crippen LogP contribution in [0.1, 0.15) is 21.5 Å². The predicted molar refractivity (Wildman–Crippen MR) is 57.0 cm³/mol. The van der Waals surface area contributed by atoms with Crippen LogP contribution in [0.5, 0.6) is 0 Å². The summed E-state index contributed by atoms with van der Waals surface area (Å²) in [5, 5.41) is 19.5. The monoisotopic (exact) mass is 235 g/mol. The highest BCUT2D eigenvalue weighted by molar-refractivity contribution is 5.92. The molecule has 0 unspecified atom stereocenters. The van der Waals surface area contributed by atoms with E-state index in [2.05, 4.69) is 4.74 Å². The van der Waals surface area contributed by atoms with Gasteiger partial charge in [-0.05, 0) is 5.56 Å². The standard InChI is InChI=1S/C10H9N3O4/c1-17-10(14)8-3-7(13(15)16)2-6(4-11)9(8)5-12/h2-3H,5,12H2,1H3. The van der Waals surface area contributed by atoms with E-state index in [0.29, 0.717) is 0 Å². The summed E-state index contributed by atoms with van der Waals surface area (Å²) in [5.74, 6) is -0.759. The quantitative estimate of drug-likeness (QED) is 0.468. The van der Waals surface area contributed by atoms with E-state index in [0.717, 1.165) is 19.2 Å². The van der Waals surface area contributed by atoms with Gasteiger partial charge in [0, 0.05) is 18.7 Å². The second-order valence-corrected chi connectivity index (χ2v) is 3.08. The van der Waals surface area contributed by atoms with Crippen LogP contribution in [0, 0.1) is 21.4 Å². The average Bonchev–Trinajstić information content (AvgIpc) is 2.35. The molecule has 0 radical (unpaired) electrons. The molecule has 0 fully saturated rings. The Kier molecular flexibility index (Phi) is 3.74. The molecule has 7 heteroatoms. The zero-order valence-electron chi connectivity index (χ0n) is 8.97. The van der Waals surface area contributed by atoms with Gasteiger partial charge < -0.3 is 10.5 Å². The summed E-state index contributed by atoms with van der Waals surface area (Å²) in [6, 6.07) is 3.90. The Hall–Kier alpha value is -2.46. The largest absolute Gasteiger partial charge is 0.465 e. The Labute approximate surface area is 96.6 Å². The fourth-order valence-electron chi connectivity index (χ4n) is 1.37. The minimum atomic E-state index is -0.759. The Morgan fingerprint density at radius 1 is 1.65 bits per heavy atom. The molecule has 1 aromatic rings. The molecule has 88 valence electrons. The zero-order chi connectivity index (χ0) is 13.0. The first-order valence-electron chi connectivity index (χ1n) is 4.55. The predicted octanol–water partition coefficient (Wildman–Crippen LogP) is 0.712. The van der Waals surface area contributed by atoms with Crippen molar-refractivity contribution in [1.82, 2.24) is 0 Å². The van der Waals surface area contributed by atoms with E-state index in [4.69, 9.17) is 11.0 Å². The molecule has 0 saturated carbocycles. The van der Waals surface area contributed by atoms with Crippen molar-refractivity contribution < 1.29 is 14.5 Å². The SMILES string of the molecule is COC(=O)c1cc([N+](=O)[O-])cc(C#N)c1CN. The molecule has 0 spiro atoms. The third-order valence-corrected chi connectivity index (χ3v) is 2.18. The van der Waals surface area contributed by atoms with Crippen molar-refractivity contribution in [3.8, 4) is 6.07 Å². The molecule has 1 aromatic carbocycles. The van der Waals surface area contributed by atoms with Crippen LogP contribution in [0.25, 0.3) is 0 Å². The van der Waals surface area contributed by atoms with Gasteiger partial charge in [-0.15, -0.1) is 0 Å². The maximum Gasteiger partial charge on any atom is 0.338 e. The number of benzene rings is 1. The lowest BCUT2D eigenvalue weighted by Crippen LogP contribution is -2.12. The molecule has 0 aromatic heterocycles. The Morgan fingerprint density at radius 2 is 2.29 bits per heavy atom. The number of methoxy groups -OCH3 is 1. The number of nitrogens with zero attached hydrogens (tertiary/aromatic N) is 2. The van der Waals surface area contributed by atoms with Crippen molar-refractivity contribution in [2.45, 2.75) is 6.54 Å². The fraction of sp³-hybridized carbons (Fsp3) is 0.200. The highest BCUT2D eigenvalue weighted by Gasteiger charge is 2.20. The summed E-state index contributed by atoms with van der Waals surface area (Å²) in [5.41, 5.74) is 5.26. The van der Waals surface area contributed by atoms with Gasteiger partial charge in [-0.1, -0.05) is 0 Å². The summed E-state index contributed by atoms with van der Waals surface area (Å²) >= 11 is 0. The van der Waals surface area contributed by atoms with E-state index in [1.54, 1.807) is 6.07 Å². The van der Waals surface area contributed by atoms with E-state index in [1.807, 2.05) is 0 Å².